The summed E-state index contributed by atoms with van der Waals surface area (Å²) in [5, 5.41) is 29.6. The number of anilines is 1. The predicted octanol–water partition coefficient (Wildman–Crippen LogP) is 1.54. The van der Waals surface area contributed by atoms with Crippen LogP contribution in [0.3, 0.4) is 0 Å². The Hall–Kier alpha value is -1.18. The summed E-state index contributed by atoms with van der Waals surface area (Å²) in [6.07, 6.45) is 5.81. The molecule has 2 saturated heterocycles. The van der Waals surface area contributed by atoms with E-state index in [2.05, 4.69) is 58.6 Å². The monoisotopic (exact) mass is 413 g/mol. The second-order valence-electron chi connectivity index (χ2n) is 10.2. The Labute approximate surface area is 181 Å². The molecule has 5 rings (SSSR count). The highest BCUT2D eigenvalue weighted by Crippen LogP contribution is 2.38. The average Bonchev–Trinajstić information content (AvgIpc) is 3.50. The van der Waals surface area contributed by atoms with E-state index in [-0.39, 0.29) is 6.04 Å². The first-order valence-corrected chi connectivity index (χ1v) is 12.1. The molecule has 1 saturated carbocycles. The van der Waals surface area contributed by atoms with Gasteiger partial charge in [-0.15, -0.1) is 0 Å². The zero-order chi connectivity index (χ0) is 20.7. The first-order valence-electron chi connectivity index (χ1n) is 12.1. The van der Waals surface area contributed by atoms with Crippen molar-refractivity contribution in [2.45, 2.75) is 76.5 Å². The molecule has 30 heavy (non-hydrogen) atoms. The molecule has 0 aromatic heterocycles. The molecule has 6 heteroatoms. The first kappa shape index (κ1) is 20.7. The first-order chi connectivity index (χ1) is 14.6. The molecule has 3 heterocycles. The zero-order valence-corrected chi connectivity index (χ0v) is 18.5. The Morgan fingerprint density at radius 1 is 1.13 bits per heavy atom. The molecule has 1 aliphatic carbocycles. The number of piperidine rings is 1. The molecule has 1 aromatic rings. The highest BCUT2D eigenvalue weighted by molar-refractivity contribution is 5.62. The molecule has 0 radical (unpaired) electrons. The Bertz CT molecular complexity index is 732. The van der Waals surface area contributed by atoms with Crippen LogP contribution in [0.4, 0.5) is 5.69 Å². The molecule has 1 aromatic carbocycles. The fraction of sp³-hybridized carbons (Fsp3) is 0.750. The number of aryl methyl sites for hydroxylation is 1. The molecule has 6 N–H and O–H groups in total. The van der Waals surface area contributed by atoms with Crippen LogP contribution >= 0.6 is 0 Å². The number of benzene rings is 1. The predicted molar refractivity (Wildman–Crippen MR) is 121 cm³/mol. The van der Waals surface area contributed by atoms with Crippen LogP contribution in [0.25, 0.3) is 0 Å². The van der Waals surface area contributed by atoms with Gasteiger partial charge in [-0.05, 0) is 75.1 Å². The van der Waals surface area contributed by atoms with Crippen molar-refractivity contribution in [2.75, 3.05) is 25.0 Å². The largest absolute Gasteiger partial charge is 0.378 e. The van der Waals surface area contributed by atoms with Gasteiger partial charge in [0.1, 0.15) is 6.23 Å². The van der Waals surface area contributed by atoms with Crippen molar-refractivity contribution in [3.63, 3.8) is 0 Å². The van der Waals surface area contributed by atoms with E-state index in [1.54, 1.807) is 0 Å². The molecule has 6 atom stereocenters. The van der Waals surface area contributed by atoms with Gasteiger partial charge in [0, 0.05) is 30.2 Å². The summed E-state index contributed by atoms with van der Waals surface area (Å²) in [5.41, 5.74) is 3.80. The minimum atomic E-state index is -0.532. The molecule has 0 spiro atoms. The van der Waals surface area contributed by atoms with Crippen LogP contribution in [0, 0.1) is 24.7 Å². The Kier molecular flexibility index (Phi) is 6.04. The molecular formula is C24H39N5O. The van der Waals surface area contributed by atoms with Gasteiger partial charge in [-0.2, -0.15) is 0 Å². The molecule has 6 unspecified atom stereocenters. The second kappa shape index (κ2) is 8.75. The molecule has 0 bridgehead atoms. The molecule has 4 aliphatic rings. The molecular weight excluding hydrogens is 374 g/mol. The van der Waals surface area contributed by atoms with Crippen LogP contribution in [0.5, 0.6) is 0 Å². The summed E-state index contributed by atoms with van der Waals surface area (Å²) < 4.78 is 0. The van der Waals surface area contributed by atoms with E-state index in [1.807, 2.05) is 0 Å². The van der Waals surface area contributed by atoms with Crippen molar-refractivity contribution in [2.24, 2.45) is 17.8 Å². The third-order valence-electron chi connectivity index (χ3n) is 7.85. The van der Waals surface area contributed by atoms with Crippen molar-refractivity contribution in [3.05, 3.63) is 29.3 Å². The van der Waals surface area contributed by atoms with E-state index in [4.69, 9.17) is 0 Å². The van der Waals surface area contributed by atoms with Crippen molar-refractivity contribution in [3.8, 4) is 0 Å². The summed E-state index contributed by atoms with van der Waals surface area (Å²) in [5.74, 6) is 1.92. The SMILES string of the molecule is Cc1cccc2c1NC(C(O)NC(C1CC1)C1NCC(C3NCCCN3)CC1C)C2. The lowest BCUT2D eigenvalue weighted by atomic mass is 9.79. The number of hydrogen-bond donors (Lipinski definition) is 6. The van der Waals surface area contributed by atoms with Crippen LogP contribution in [0.1, 0.15) is 43.7 Å². The highest BCUT2D eigenvalue weighted by Gasteiger charge is 2.43. The fourth-order valence-corrected chi connectivity index (χ4v) is 6.01. The highest BCUT2D eigenvalue weighted by atomic mass is 16.3. The third kappa shape index (κ3) is 4.26. The van der Waals surface area contributed by atoms with Gasteiger partial charge in [-0.25, -0.2) is 0 Å². The maximum absolute atomic E-state index is 11.1. The van der Waals surface area contributed by atoms with Crippen LogP contribution < -0.4 is 26.6 Å². The number of nitrogens with one attached hydrogen (secondary N) is 5. The van der Waals surface area contributed by atoms with Crippen molar-refractivity contribution < 1.29 is 5.11 Å². The number of para-hydroxylation sites is 1. The Morgan fingerprint density at radius 3 is 2.63 bits per heavy atom. The van der Waals surface area contributed by atoms with E-state index in [0.29, 0.717) is 36.0 Å². The van der Waals surface area contributed by atoms with Gasteiger partial charge in [0.2, 0.25) is 0 Å². The van der Waals surface area contributed by atoms with Crippen molar-refractivity contribution >= 4 is 5.69 Å². The van der Waals surface area contributed by atoms with Crippen LogP contribution in [-0.2, 0) is 6.42 Å². The number of aliphatic hydroxyl groups is 1. The zero-order valence-electron chi connectivity index (χ0n) is 18.5. The van der Waals surface area contributed by atoms with Crippen molar-refractivity contribution in [1.82, 2.24) is 21.3 Å². The van der Waals surface area contributed by atoms with E-state index in [0.717, 1.165) is 26.1 Å². The molecule has 3 aliphatic heterocycles. The maximum Gasteiger partial charge on any atom is 0.125 e. The van der Waals surface area contributed by atoms with Crippen LogP contribution in [-0.4, -0.2) is 55.3 Å². The van der Waals surface area contributed by atoms with E-state index in [9.17, 15) is 5.11 Å². The normalized spacial score (nSPS) is 34.2. The Morgan fingerprint density at radius 2 is 1.93 bits per heavy atom. The lowest BCUT2D eigenvalue weighted by Crippen LogP contribution is -2.63. The number of hydrogen-bond acceptors (Lipinski definition) is 6. The van der Waals surface area contributed by atoms with Gasteiger partial charge < -0.3 is 26.4 Å². The second-order valence-corrected chi connectivity index (χ2v) is 10.2. The third-order valence-corrected chi connectivity index (χ3v) is 7.85. The summed E-state index contributed by atoms with van der Waals surface area (Å²) in [7, 11) is 0. The quantitative estimate of drug-likeness (QED) is 0.397. The number of rotatable bonds is 6. The van der Waals surface area contributed by atoms with Gasteiger partial charge in [0.25, 0.3) is 0 Å². The number of aliphatic hydroxyl groups excluding tert-OH is 1. The van der Waals surface area contributed by atoms with E-state index < -0.39 is 6.23 Å². The topological polar surface area (TPSA) is 80.4 Å². The summed E-state index contributed by atoms with van der Waals surface area (Å²) in [6.45, 7) is 7.83. The molecule has 3 fully saturated rings. The van der Waals surface area contributed by atoms with Crippen molar-refractivity contribution in [1.29, 1.82) is 0 Å². The van der Waals surface area contributed by atoms with Gasteiger partial charge in [0.05, 0.1) is 12.2 Å². The Balaban J connectivity index is 1.20. The van der Waals surface area contributed by atoms with Crippen LogP contribution in [0.15, 0.2) is 18.2 Å². The molecule has 6 nitrogen and oxygen atoms in total. The molecule has 166 valence electrons. The summed E-state index contributed by atoms with van der Waals surface area (Å²) in [6, 6.07) is 7.25. The minimum absolute atomic E-state index is 0.0460. The fourth-order valence-electron chi connectivity index (χ4n) is 6.01. The van der Waals surface area contributed by atoms with E-state index >= 15 is 0 Å². The van der Waals surface area contributed by atoms with Gasteiger partial charge in [0.15, 0.2) is 0 Å². The van der Waals surface area contributed by atoms with Gasteiger partial charge >= 0.3 is 0 Å². The summed E-state index contributed by atoms with van der Waals surface area (Å²) in [4.78, 5) is 0. The lowest BCUT2D eigenvalue weighted by Gasteiger charge is -2.44. The summed E-state index contributed by atoms with van der Waals surface area (Å²) >= 11 is 0. The number of fused-ring (bicyclic) bond motifs is 1. The molecule has 0 amide bonds. The van der Waals surface area contributed by atoms with Gasteiger partial charge in [-0.1, -0.05) is 25.1 Å². The maximum atomic E-state index is 11.1. The smallest absolute Gasteiger partial charge is 0.125 e. The van der Waals surface area contributed by atoms with Gasteiger partial charge in [-0.3, -0.25) is 5.32 Å². The van der Waals surface area contributed by atoms with E-state index in [1.165, 1.54) is 42.5 Å². The lowest BCUT2D eigenvalue weighted by molar-refractivity contribution is 0.0696. The average molecular weight is 414 g/mol. The standard InChI is InChI=1S/C24H39N5O/c1-14-5-3-6-17-12-19(28-20(14)17)24(30)29-22(16-7-8-16)21-15(2)11-18(13-27-21)23-25-9-4-10-26-23/h3,5-6,15-16,18-19,21-30H,4,7-13H2,1-2H3. The minimum Gasteiger partial charge on any atom is -0.378 e. The van der Waals surface area contributed by atoms with Crippen LogP contribution in [0.2, 0.25) is 0 Å².